The van der Waals surface area contributed by atoms with Crippen molar-refractivity contribution in [1.82, 2.24) is 9.55 Å². The van der Waals surface area contributed by atoms with Gasteiger partial charge in [-0.25, -0.2) is 4.98 Å². The van der Waals surface area contributed by atoms with E-state index in [9.17, 15) is 9.59 Å². The third-order valence-electron chi connectivity index (χ3n) is 2.49. The fraction of sp³-hybridized carbons (Fsp3) is 0.154. The number of Topliss-reactive ketones (excluding diaryl/α,β-unsaturated/α-hetero) is 2. The number of nitrogens with zero attached hydrogens (tertiary/aromatic N) is 2. The van der Waals surface area contributed by atoms with Crippen LogP contribution >= 0.6 is 15.9 Å². The van der Waals surface area contributed by atoms with E-state index in [0.29, 0.717) is 15.7 Å². The first kappa shape index (κ1) is 12.7. The highest BCUT2D eigenvalue weighted by molar-refractivity contribution is 9.10. The molecule has 1 aromatic heterocycles. The summed E-state index contributed by atoms with van der Waals surface area (Å²) in [5.41, 5.74) is 0.833. The molecule has 0 radical (unpaired) electrons. The van der Waals surface area contributed by atoms with Gasteiger partial charge in [0.05, 0.1) is 12.7 Å². The number of imidazole rings is 1. The molecule has 0 amide bonds. The number of aromatic nitrogens is 2. The summed E-state index contributed by atoms with van der Waals surface area (Å²) in [5.74, 6) is -0.477. The second-order valence-corrected chi connectivity index (χ2v) is 4.78. The minimum atomic E-state index is -0.267. The van der Waals surface area contributed by atoms with Crippen LogP contribution in [0.2, 0.25) is 0 Å². The van der Waals surface area contributed by atoms with Crippen molar-refractivity contribution in [2.24, 2.45) is 7.05 Å². The van der Waals surface area contributed by atoms with Gasteiger partial charge in [0.25, 0.3) is 0 Å². The molecule has 0 aliphatic heterocycles. The lowest BCUT2D eigenvalue weighted by Crippen LogP contribution is -2.09. The first-order valence-electron chi connectivity index (χ1n) is 5.37. The standard InChI is InChI=1S/C13H11BrN2O2/c1-16-7-11(15-8-16)13(18)6-12(17)9-4-2-3-5-10(9)14/h2-5,7-8H,6H2,1H3. The predicted octanol–water partition coefficient (Wildman–Crippen LogP) is 2.64. The van der Waals surface area contributed by atoms with E-state index in [-0.39, 0.29) is 18.0 Å². The van der Waals surface area contributed by atoms with Crippen molar-refractivity contribution in [3.63, 3.8) is 0 Å². The van der Waals surface area contributed by atoms with Gasteiger partial charge in [-0.15, -0.1) is 0 Å². The van der Waals surface area contributed by atoms with Crippen LogP contribution < -0.4 is 0 Å². The summed E-state index contributed by atoms with van der Waals surface area (Å²) in [5, 5.41) is 0. The highest BCUT2D eigenvalue weighted by atomic mass is 79.9. The number of hydrogen-bond donors (Lipinski definition) is 0. The molecule has 0 aliphatic carbocycles. The Morgan fingerprint density at radius 2 is 2.00 bits per heavy atom. The largest absolute Gasteiger partial charge is 0.340 e. The summed E-state index contributed by atoms with van der Waals surface area (Å²) in [6, 6.07) is 7.06. The Hall–Kier alpha value is -1.75. The fourth-order valence-electron chi connectivity index (χ4n) is 1.58. The average Bonchev–Trinajstić information content (AvgIpc) is 2.76. The maximum atomic E-state index is 12.0. The quantitative estimate of drug-likeness (QED) is 0.644. The Kier molecular flexibility index (Phi) is 3.72. The van der Waals surface area contributed by atoms with E-state index in [0.717, 1.165) is 0 Å². The van der Waals surface area contributed by atoms with Crippen molar-refractivity contribution in [2.45, 2.75) is 6.42 Å². The number of ketones is 2. The lowest BCUT2D eigenvalue weighted by molar-refractivity contribution is 0.0891. The molecule has 2 rings (SSSR count). The highest BCUT2D eigenvalue weighted by Gasteiger charge is 2.17. The van der Waals surface area contributed by atoms with Crippen LogP contribution in [0.1, 0.15) is 27.3 Å². The van der Waals surface area contributed by atoms with Gasteiger partial charge in [-0.05, 0) is 6.07 Å². The Bertz CT molecular complexity index is 605. The molecular formula is C13H11BrN2O2. The number of aryl methyl sites for hydroxylation is 1. The monoisotopic (exact) mass is 306 g/mol. The van der Waals surface area contributed by atoms with Gasteiger partial charge in [0, 0.05) is 23.3 Å². The van der Waals surface area contributed by atoms with Crippen molar-refractivity contribution in [3.05, 3.63) is 52.5 Å². The highest BCUT2D eigenvalue weighted by Crippen LogP contribution is 2.18. The number of benzene rings is 1. The van der Waals surface area contributed by atoms with Gasteiger partial charge in [-0.3, -0.25) is 9.59 Å². The first-order chi connectivity index (χ1) is 8.58. The molecule has 2 aromatic rings. The van der Waals surface area contributed by atoms with Gasteiger partial charge in [-0.2, -0.15) is 0 Å². The third-order valence-corrected chi connectivity index (χ3v) is 3.18. The number of hydrogen-bond acceptors (Lipinski definition) is 3. The smallest absolute Gasteiger partial charge is 0.190 e. The van der Waals surface area contributed by atoms with E-state index >= 15 is 0 Å². The number of rotatable bonds is 4. The third kappa shape index (κ3) is 2.73. The summed E-state index contributed by atoms with van der Waals surface area (Å²) in [4.78, 5) is 27.7. The normalized spacial score (nSPS) is 10.3. The Balaban J connectivity index is 2.13. The van der Waals surface area contributed by atoms with Crippen LogP contribution in [0.4, 0.5) is 0 Å². The van der Waals surface area contributed by atoms with E-state index < -0.39 is 0 Å². The minimum absolute atomic E-state index is 0.167. The molecule has 92 valence electrons. The second-order valence-electron chi connectivity index (χ2n) is 3.93. The van der Waals surface area contributed by atoms with Crippen molar-refractivity contribution in [3.8, 4) is 0 Å². The van der Waals surface area contributed by atoms with E-state index in [1.165, 1.54) is 6.33 Å². The van der Waals surface area contributed by atoms with Crippen LogP contribution in [-0.2, 0) is 7.05 Å². The lowest BCUT2D eigenvalue weighted by Gasteiger charge is -2.01. The number of halogens is 1. The maximum absolute atomic E-state index is 12.0. The second kappa shape index (κ2) is 5.27. The van der Waals surface area contributed by atoms with Gasteiger partial charge in [-0.1, -0.05) is 34.1 Å². The summed E-state index contributed by atoms with van der Waals surface area (Å²) in [7, 11) is 1.78. The van der Waals surface area contributed by atoms with Crippen molar-refractivity contribution >= 4 is 27.5 Å². The molecule has 0 aliphatic rings. The average molecular weight is 307 g/mol. The molecule has 18 heavy (non-hydrogen) atoms. The zero-order valence-corrected chi connectivity index (χ0v) is 11.3. The number of carbonyl (C=O) groups excluding carboxylic acids is 2. The maximum Gasteiger partial charge on any atom is 0.190 e. The predicted molar refractivity (Wildman–Crippen MR) is 70.6 cm³/mol. The molecular weight excluding hydrogens is 296 g/mol. The summed E-state index contributed by atoms with van der Waals surface area (Å²) < 4.78 is 2.37. The molecule has 0 saturated carbocycles. The zero-order chi connectivity index (χ0) is 13.1. The Morgan fingerprint density at radius 3 is 2.61 bits per heavy atom. The summed E-state index contributed by atoms with van der Waals surface area (Å²) in [6.07, 6.45) is 2.98. The molecule has 0 fully saturated rings. The molecule has 5 heteroatoms. The zero-order valence-electron chi connectivity index (χ0n) is 9.76. The Labute approximate surface area is 113 Å². The molecule has 0 unspecified atom stereocenters. The first-order valence-corrected chi connectivity index (χ1v) is 6.16. The summed E-state index contributed by atoms with van der Waals surface area (Å²) in [6.45, 7) is 0. The molecule has 0 bridgehead atoms. The molecule has 0 atom stereocenters. The van der Waals surface area contributed by atoms with Crippen LogP contribution in [0.15, 0.2) is 41.3 Å². The topological polar surface area (TPSA) is 52.0 Å². The van der Waals surface area contributed by atoms with Gasteiger partial charge in [0.1, 0.15) is 5.69 Å². The SMILES string of the molecule is Cn1cnc(C(=O)CC(=O)c2ccccc2Br)c1. The molecule has 4 nitrogen and oxygen atoms in total. The molecule has 0 N–H and O–H groups in total. The van der Waals surface area contributed by atoms with Crippen LogP contribution in [0.3, 0.4) is 0 Å². The van der Waals surface area contributed by atoms with Gasteiger partial charge in [0.15, 0.2) is 11.6 Å². The van der Waals surface area contributed by atoms with Crippen LogP contribution in [0.5, 0.6) is 0 Å². The van der Waals surface area contributed by atoms with E-state index in [1.54, 1.807) is 36.0 Å². The van der Waals surface area contributed by atoms with Gasteiger partial charge in [0.2, 0.25) is 0 Å². The van der Waals surface area contributed by atoms with Crippen LogP contribution in [0.25, 0.3) is 0 Å². The fourth-order valence-corrected chi connectivity index (χ4v) is 2.08. The minimum Gasteiger partial charge on any atom is -0.340 e. The van der Waals surface area contributed by atoms with Crippen molar-refractivity contribution < 1.29 is 9.59 Å². The van der Waals surface area contributed by atoms with Crippen molar-refractivity contribution in [1.29, 1.82) is 0 Å². The van der Waals surface area contributed by atoms with Crippen molar-refractivity contribution in [2.75, 3.05) is 0 Å². The van der Waals surface area contributed by atoms with E-state index in [2.05, 4.69) is 20.9 Å². The van der Waals surface area contributed by atoms with Crippen LogP contribution in [0, 0.1) is 0 Å². The molecule has 1 heterocycles. The van der Waals surface area contributed by atoms with E-state index in [1.807, 2.05) is 6.07 Å². The molecule has 0 spiro atoms. The van der Waals surface area contributed by atoms with E-state index in [4.69, 9.17) is 0 Å². The van der Waals surface area contributed by atoms with Gasteiger partial charge < -0.3 is 4.57 Å². The van der Waals surface area contributed by atoms with Crippen LogP contribution in [-0.4, -0.2) is 21.1 Å². The molecule has 0 saturated heterocycles. The van der Waals surface area contributed by atoms with Gasteiger partial charge >= 0.3 is 0 Å². The molecule has 1 aromatic carbocycles. The summed E-state index contributed by atoms with van der Waals surface area (Å²) >= 11 is 3.30. The Morgan fingerprint density at radius 1 is 1.28 bits per heavy atom. The number of carbonyl (C=O) groups is 2. The lowest BCUT2D eigenvalue weighted by atomic mass is 10.1.